The van der Waals surface area contributed by atoms with Crippen molar-refractivity contribution in [3.8, 4) is 0 Å². The van der Waals surface area contributed by atoms with E-state index >= 15 is 0 Å². The van der Waals surface area contributed by atoms with Crippen LogP contribution in [0.1, 0.15) is 30.2 Å². The number of thioether (sulfide) groups is 1. The third-order valence-electron chi connectivity index (χ3n) is 4.44. The van der Waals surface area contributed by atoms with Crippen LogP contribution in [0.15, 0.2) is 41.0 Å². The second kappa shape index (κ2) is 10.0. The zero-order chi connectivity index (χ0) is 20.7. The molecule has 0 radical (unpaired) electrons. The van der Waals surface area contributed by atoms with Crippen molar-refractivity contribution in [1.29, 1.82) is 0 Å². The van der Waals surface area contributed by atoms with Crippen LogP contribution in [0.2, 0.25) is 0 Å². The standard InChI is InChI=1S/C20H28N2O4S2/c1-5-19(20(23)21-10-12-27-14-18-7-6-11-26-18)22(28(4,24)25)17-9-8-15(2)16(3)13-17/h6-9,11,13,19H,5,10,12,14H2,1-4H3,(H,21,23)/t19-/m1/s1. The second-order valence-electron chi connectivity index (χ2n) is 6.67. The van der Waals surface area contributed by atoms with E-state index in [1.807, 2.05) is 45.0 Å². The lowest BCUT2D eigenvalue weighted by Gasteiger charge is -2.30. The van der Waals surface area contributed by atoms with E-state index in [1.54, 1.807) is 24.1 Å². The highest BCUT2D eigenvalue weighted by atomic mass is 32.2. The van der Waals surface area contributed by atoms with Crippen LogP contribution < -0.4 is 9.62 Å². The monoisotopic (exact) mass is 424 g/mol. The summed E-state index contributed by atoms with van der Waals surface area (Å²) in [6.07, 6.45) is 3.15. The Kier molecular flexibility index (Phi) is 8.00. The maximum atomic E-state index is 12.7. The Labute approximate surface area is 171 Å². The number of sulfonamides is 1. The van der Waals surface area contributed by atoms with Gasteiger partial charge in [-0.2, -0.15) is 11.8 Å². The summed E-state index contributed by atoms with van der Waals surface area (Å²) < 4.78 is 31.4. The first-order chi connectivity index (χ1) is 13.2. The zero-order valence-electron chi connectivity index (χ0n) is 16.8. The number of benzene rings is 1. The molecular formula is C20H28N2O4S2. The number of furan rings is 1. The van der Waals surface area contributed by atoms with E-state index < -0.39 is 16.1 Å². The quantitative estimate of drug-likeness (QED) is 0.591. The summed E-state index contributed by atoms with van der Waals surface area (Å²) in [5.74, 6) is 2.05. The molecule has 2 rings (SSSR count). The van der Waals surface area contributed by atoms with E-state index in [2.05, 4.69) is 5.32 Å². The molecule has 28 heavy (non-hydrogen) atoms. The van der Waals surface area contributed by atoms with Gasteiger partial charge < -0.3 is 9.73 Å². The van der Waals surface area contributed by atoms with E-state index in [4.69, 9.17) is 4.42 Å². The molecule has 6 nitrogen and oxygen atoms in total. The number of carbonyl (C=O) groups is 1. The number of rotatable bonds is 10. The summed E-state index contributed by atoms with van der Waals surface area (Å²) in [5, 5.41) is 2.87. The van der Waals surface area contributed by atoms with Crippen LogP contribution in [0.4, 0.5) is 5.69 Å². The molecule has 0 bridgehead atoms. The molecule has 1 atom stereocenters. The SMILES string of the molecule is CC[C@H](C(=O)NCCSCc1ccco1)N(c1ccc(C)c(C)c1)S(C)(=O)=O. The zero-order valence-corrected chi connectivity index (χ0v) is 18.4. The third kappa shape index (κ3) is 6.04. The van der Waals surface area contributed by atoms with Crippen molar-refractivity contribution in [3.63, 3.8) is 0 Å². The number of nitrogens with one attached hydrogen (secondary N) is 1. The van der Waals surface area contributed by atoms with E-state index in [1.165, 1.54) is 4.31 Å². The van der Waals surface area contributed by atoms with Crippen molar-refractivity contribution in [2.75, 3.05) is 22.9 Å². The Balaban J connectivity index is 2.03. The van der Waals surface area contributed by atoms with Gasteiger partial charge in [-0.1, -0.05) is 13.0 Å². The first-order valence-electron chi connectivity index (χ1n) is 9.18. The predicted octanol–water partition coefficient (Wildman–Crippen LogP) is 3.49. The van der Waals surface area contributed by atoms with Gasteiger partial charge >= 0.3 is 0 Å². The van der Waals surface area contributed by atoms with Gasteiger partial charge in [-0.05, 0) is 55.7 Å². The fourth-order valence-electron chi connectivity index (χ4n) is 2.85. The molecule has 0 unspecified atom stereocenters. The third-order valence-corrected chi connectivity index (χ3v) is 6.61. The molecule has 1 aromatic heterocycles. The van der Waals surface area contributed by atoms with Gasteiger partial charge in [-0.25, -0.2) is 8.42 Å². The molecular weight excluding hydrogens is 396 g/mol. The molecule has 0 spiro atoms. The van der Waals surface area contributed by atoms with Crippen molar-refractivity contribution in [2.24, 2.45) is 0 Å². The Morgan fingerprint density at radius 2 is 2.00 bits per heavy atom. The highest BCUT2D eigenvalue weighted by Gasteiger charge is 2.31. The first kappa shape index (κ1) is 22.4. The minimum absolute atomic E-state index is 0.287. The topological polar surface area (TPSA) is 79.6 Å². The largest absolute Gasteiger partial charge is 0.468 e. The molecule has 1 amide bonds. The van der Waals surface area contributed by atoms with Gasteiger partial charge in [-0.3, -0.25) is 9.10 Å². The fourth-order valence-corrected chi connectivity index (χ4v) is 4.81. The van der Waals surface area contributed by atoms with Crippen molar-refractivity contribution >= 4 is 33.4 Å². The Morgan fingerprint density at radius 3 is 2.57 bits per heavy atom. The molecule has 1 heterocycles. The highest BCUT2D eigenvalue weighted by molar-refractivity contribution is 7.98. The van der Waals surface area contributed by atoms with E-state index in [9.17, 15) is 13.2 Å². The minimum Gasteiger partial charge on any atom is -0.468 e. The van der Waals surface area contributed by atoms with Crippen molar-refractivity contribution < 1.29 is 17.6 Å². The molecule has 2 aromatic rings. The van der Waals surface area contributed by atoms with Crippen molar-refractivity contribution in [1.82, 2.24) is 5.32 Å². The summed E-state index contributed by atoms with van der Waals surface area (Å²) in [7, 11) is -3.61. The Hall–Kier alpha value is -1.93. The smallest absolute Gasteiger partial charge is 0.243 e. The van der Waals surface area contributed by atoms with E-state index in [-0.39, 0.29) is 5.91 Å². The van der Waals surface area contributed by atoms with Crippen molar-refractivity contribution in [2.45, 2.75) is 39.0 Å². The summed E-state index contributed by atoms with van der Waals surface area (Å²) in [5.41, 5.74) is 2.57. The molecule has 1 N–H and O–H groups in total. The lowest BCUT2D eigenvalue weighted by Crippen LogP contribution is -2.49. The van der Waals surface area contributed by atoms with Crippen LogP contribution >= 0.6 is 11.8 Å². The number of hydrogen-bond donors (Lipinski definition) is 1. The Bertz CT molecular complexity index is 880. The van der Waals surface area contributed by atoms with Gasteiger partial charge in [0.15, 0.2) is 0 Å². The normalized spacial score (nSPS) is 12.6. The maximum absolute atomic E-state index is 12.7. The van der Waals surface area contributed by atoms with Gasteiger partial charge in [0.2, 0.25) is 15.9 Å². The number of hydrogen-bond acceptors (Lipinski definition) is 5. The molecule has 1 aromatic carbocycles. The number of carbonyl (C=O) groups excluding carboxylic acids is 1. The second-order valence-corrected chi connectivity index (χ2v) is 9.64. The molecule has 0 saturated carbocycles. The van der Waals surface area contributed by atoms with Crippen LogP contribution in [0.3, 0.4) is 0 Å². The molecule has 0 fully saturated rings. The summed E-state index contributed by atoms with van der Waals surface area (Å²) in [4.78, 5) is 12.7. The van der Waals surface area contributed by atoms with Gasteiger partial charge in [-0.15, -0.1) is 0 Å². The Morgan fingerprint density at radius 1 is 1.25 bits per heavy atom. The van der Waals surface area contributed by atoms with E-state index in [0.717, 1.165) is 28.9 Å². The number of amides is 1. The van der Waals surface area contributed by atoms with Gasteiger partial charge in [0.1, 0.15) is 11.8 Å². The average Bonchev–Trinajstić information content (AvgIpc) is 3.14. The molecule has 8 heteroatoms. The van der Waals surface area contributed by atoms with Crippen molar-refractivity contribution in [3.05, 3.63) is 53.5 Å². The predicted molar refractivity (Wildman–Crippen MR) is 115 cm³/mol. The van der Waals surface area contributed by atoms with Gasteiger partial charge in [0, 0.05) is 12.3 Å². The highest BCUT2D eigenvalue weighted by Crippen LogP contribution is 2.25. The summed E-state index contributed by atoms with van der Waals surface area (Å²) in [6.45, 7) is 6.17. The molecule has 0 aliphatic rings. The lowest BCUT2D eigenvalue weighted by molar-refractivity contribution is -0.122. The van der Waals surface area contributed by atoms with Crippen LogP contribution in [0.25, 0.3) is 0 Å². The number of nitrogens with zero attached hydrogens (tertiary/aromatic N) is 1. The number of aryl methyl sites for hydroxylation is 2. The van der Waals surface area contributed by atoms with Crippen LogP contribution in [0, 0.1) is 13.8 Å². The van der Waals surface area contributed by atoms with Crippen LogP contribution in [-0.2, 0) is 20.6 Å². The lowest BCUT2D eigenvalue weighted by atomic mass is 10.1. The fraction of sp³-hybridized carbons (Fsp3) is 0.450. The molecule has 154 valence electrons. The summed E-state index contributed by atoms with van der Waals surface area (Å²) in [6, 6.07) is 8.40. The minimum atomic E-state index is -3.61. The molecule has 0 saturated heterocycles. The maximum Gasteiger partial charge on any atom is 0.243 e. The number of anilines is 1. The molecule has 0 aliphatic heterocycles. The van der Waals surface area contributed by atoms with Crippen LogP contribution in [-0.4, -0.2) is 38.9 Å². The first-order valence-corrected chi connectivity index (χ1v) is 12.2. The van der Waals surface area contributed by atoms with E-state index in [0.29, 0.717) is 24.4 Å². The van der Waals surface area contributed by atoms with Crippen LogP contribution in [0.5, 0.6) is 0 Å². The van der Waals surface area contributed by atoms with Gasteiger partial charge in [0.25, 0.3) is 0 Å². The summed E-state index contributed by atoms with van der Waals surface area (Å²) >= 11 is 1.65. The average molecular weight is 425 g/mol. The van der Waals surface area contributed by atoms with Gasteiger partial charge in [0.05, 0.1) is 24.0 Å². The molecule has 0 aliphatic carbocycles.